The van der Waals surface area contributed by atoms with Gasteiger partial charge >= 0.3 is 0 Å². The van der Waals surface area contributed by atoms with Crippen molar-refractivity contribution < 1.29 is 9.53 Å². The van der Waals surface area contributed by atoms with Crippen molar-refractivity contribution in [2.75, 3.05) is 12.5 Å². The lowest BCUT2D eigenvalue weighted by molar-refractivity contribution is 0.101. The molecule has 1 rings (SSSR count). The number of rotatable bonds is 5. The quantitative estimate of drug-likeness (QED) is 0.570. The molecule has 0 amide bonds. The smallest absolute Gasteiger partial charge is 0.159 e. The standard InChI is InChI=1S/C12H15ClO2/c1-9(7-13)8-15-12-5-3-11(4-6-12)10(2)14/h3-6,9H,7-8H2,1-2H3. The van der Waals surface area contributed by atoms with Crippen LogP contribution in [0.4, 0.5) is 0 Å². The first-order valence-electron chi connectivity index (χ1n) is 4.93. The highest BCUT2D eigenvalue weighted by molar-refractivity contribution is 6.18. The Hall–Kier alpha value is -1.02. The summed E-state index contributed by atoms with van der Waals surface area (Å²) in [5, 5.41) is 0. The minimum atomic E-state index is 0.0654. The minimum Gasteiger partial charge on any atom is -0.493 e. The van der Waals surface area contributed by atoms with Gasteiger partial charge < -0.3 is 4.74 Å². The van der Waals surface area contributed by atoms with E-state index in [2.05, 4.69) is 0 Å². The molecular formula is C12H15ClO2. The molecule has 0 saturated carbocycles. The SMILES string of the molecule is CC(=O)c1ccc(OCC(C)CCl)cc1. The summed E-state index contributed by atoms with van der Waals surface area (Å²) in [5.74, 6) is 1.76. The van der Waals surface area contributed by atoms with Gasteiger partial charge in [-0.2, -0.15) is 0 Å². The zero-order valence-corrected chi connectivity index (χ0v) is 9.75. The van der Waals surface area contributed by atoms with Crippen LogP contribution in [0.1, 0.15) is 24.2 Å². The van der Waals surface area contributed by atoms with Gasteiger partial charge in [0, 0.05) is 17.4 Å². The van der Waals surface area contributed by atoms with Gasteiger partial charge in [-0.1, -0.05) is 6.92 Å². The Morgan fingerprint density at radius 1 is 1.40 bits per heavy atom. The number of benzene rings is 1. The lowest BCUT2D eigenvalue weighted by Crippen LogP contribution is -2.09. The molecule has 0 heterocycles. The third-order valence-electron chi connectivity index (χ3n) is 2.06. The maximum atomic E-state index is 11.0. The molecule has 0 fully saturated rings. The third-order valence-corrected chi connectivity index (χ3v) is 2.59. The molecule has 15 heavy (non-hydrogen) atoms. The van der Waals surface area contributed by atoms with E-state index in [9.17, 15) is 4.79 Å². The molecule has 0 bridgehead atoms. The summed E-state index contributed by atoms with van der Waals surface area (Å²) in [6, 6.07) is 7.14. The van der Waals surface area contributed by atoms with E-state index < -0.39 is 0 Å². The maximum absolute atomic E-state index is 11.0. The first kappa shape index (κ1) is 12.1. The molecule has 1 aromatic carbocycles. The topological polar surface area (TPSA) is 26.3 Å². The Bertz CT molecular complexity index is 319. The Morgan fingerprint density at radius 3 is 2.47 bits per heavy atom. The minimum absolute atomic E-state index is 0.0654. The number of Topliss-reactive ketones (excluding diaryl/α,β-unsaturated/α-hetero) is 1. The van der Waals surface area contributed by atoms with Crippen LogP contribution in [0.25, 0.3) is 0 Å². The van der Waals surface area contributed by atoms with E-state index in [4.69, 9.17) is 16.3 Å². The zero-order valence-electron chi connectivity index (χ0n) is 9.00. The highest BCUT2D eigenvalue weighted by Gasteiger charge is 2.02. The van der Waals surface area contributed by atoms with E-state index in [0.717, 1.165) is 5.75 Å². The van der Waals surface area contributed by atoms with Crippen molar-refractivity contribution in [2.45, 2.75) is 13.8 Å². The fraction of sp³-hybridized carbons (Fsp3) is 0.417. The average Bonchev–Trinajstić information content (AvgIpc) is 2.26. The van der Waals surface area contributed by atoms with Crippen LogP contribution < -0.4 is 4.74 Å². The first-order chi connectivity index (χ1) is 7.13. The molecule has 0 N–H and O–H groups in total. The summed E-state index contributed by atoms with van der Waals surface area (Å²) in [6.45, 7) is 4.17. The average molecular weight is 227 g/mol. The first-order valence-corrected chi connectivity index (χ1v) is 5.46. The van der Waals surface area contributed by atoms with E-state index >= 15 is 0 Å². The Kier molecular flexibility index (Phi) is 4.63. The van der Waals surface area contributed by atoms with E-state index in [1.165, 1.54) is 0 Å². The largest absolute Gasteiger partial charge is 0.493 e. The lowest BCUT2D eigenvalue weighted by atomic mass is 10.1. The molecule has 3 heteroatoms. The Balaban J connectivity index is 2.53. The van der Waals surface area contributed by atoms with Crippen LogP contribution >= 0.6 is 11.6 Å². The summed E-state index contributed by atoms with van der Waals surface area (Å²) in [7, 11) is 0. The summed E-state index contributed by atoms with van der Waals surface area (Å²) in [6.07, 6.45) is 0. The second-order valence-corrected chi connectivity index (χ2v) is 3.96. The number of ketones is 1. The van der Waals surface area contributed by atoms with Gasteiger partial charge in [-0.15, -0.1) is 11.6 Å². The summed E-state index contributed by atoms with van der Waals surface area (Å²) in [4.78, 5) is 11.0. The molecule has 0 aliphatic carbocycles. The number of carbonyl (C=O) groups excluding carboxylic acids is 1. The number of ether oxygens (including phenoxy) is 1. The molecule has 0 saturated heterocycles. The van der Waals surface area contributed by atoms with Crippen LogP contribution in [0.2, 0.25) is 0 Å². The van der Waals surface area contributed by atoms with Gasteiger partial charge in [0.15, 0.2) is 5.78 Å². The van der Waals surface area contributed by atoms with Crippen molar-refractivity contribution in [3.8, 4) is 5.75 Å². The molecule has 0 aliphatic rings. The van der Waals surface area contributed by atoms with Crippen molar-refractivity contribution in [3.05, 3.63) is 29.8 Å². The van der Waals surface area contributed by atoms with Gasteiger partial charge in [0.1, 0.15) is 5.75 Å². The van der Waals surface area contributed by atoms with E-state index in [1.807, 2.05) is 6.92 Å². The van der Waals surface area contributed by atoms with Gasteiger partial charge in [-0.05, 0) is 31.2 Å². The summed E-state index contributed by atoms with van der Waals surface area (Å²) >= 11 is 5.66. The van der Waals surface area contributed by atoms with Gasteiger partial charge in [-0.3, -0.25) is 4.79 Å². The molecule has 0 aliphatic heterocycles. The number of alkyl halides is 1. The monoisotopic (exact) mass is 226 g/mol. The Morgan fingerprint density at radius 2 is 2.00 bits per heavy atom. The number of hydrogen-bond donors (Lipinski definition) is 0. The van der Waals surface area contributed by atoms with Gasteiger partial charge in [-0.25, -0.2) is 0 Å². The van der Waals surface area contributed by atoms with Crippen molar-refractivity contribution in [3.63, 3.8) is 0 Å². The van der Waals surface area contributed by atoms with Crippen molar-refractivity contribution in [1.29, 1.82) is 0 Å². The molecule has 82 valence electrons. The maximum Gasteiger partial charge on any atom is 0.159 e. The van der Waals surface area contributed by atoms with Crippen LogP contribution in [0.5, 0.6) is 5.75 Å². The lowest BCUT2D eigenvalue weighted by Gasteiger charge is -2.10. The van der Waals surface area contributed by atoms with Crippen LogP contribution in [0.15, 0.2) is 24.3 Å². The van der Waals surface area contributed by atoms with Crippen molar-refractivity contribution in [1.82, 2.24) is 0 Å². The van der Waals surface area contributed by atoms with E-state index in [1.54, 1.807) is 31.2 Å². The number of carbonyl (C=O) groups is 1. The van der Waals surface area contributed by atoms with Crippen LogP contribution in [-0.2, 0) is 0 Å². The molecule has 0 spiro atoms. The van der Waals surface area contributed by atoms with Crippen LogP contribution in [0.3, 0.4) is 0 Å². The van der Waals surface area contributed by atoms with E-state index in [0.29, 0.717) is 24.0 Å². The molecule has 1 atom stereocenters. The van der Waals surface area contributed by atoms with Gasteiger partial charge in [0.25, 0.3) is 0 Å². The highest BCUT2D eigenvalue weighted by atomic mass is 35.5. The van der Waals surface area contributed by atoms with Crippen molar-refractivity contribution >= 4 is 17.4 Å². The molecule has 0 radical (unpaired) electrons. The van der Waals surface area contributed by atoms with Gasteiger partial charge in [0.05, 0.1) is 6.61 Å². The Labute approximate surface area is 95.2 Å². The molecule has 2 nitrogen and oxygen atoms in total. The fourth-order valence-corrected chi connectivity index (χ4v) is 1.16. The number of halogens is 1. The predicted octanol–water partition coefficient (Wildman–Crippen LogP) is 3.14. The summed E-state index contributed by atoms with van der Waals surface area (Å²) in [5.41, 5.74) is 0.702. The van der Waals surface area contributed by atoms with Crippen molar-refractivity contribution in [2.24, 2.45) is 5.92 Å². The molecular weight excluding hydrogens is 212 g/mol. The van der Waals surface area contributed by atoms with Gasteiger partial charge in [0.2, 0.25) is 0 Å². The number of hydrogen-bond acceptors (Lipinski definition) is 2. The molecule has 1 aromatic rings. The molecule has 0 aromatic heterocycles. The second kappa shape index (κ2) is 5.76. The van der Waals surface area contributed by atoms with E-state index in [-0.39, 0.29) is 5.78 Å². The molecule has 1 unspecified atom stereocenters. The third kappa shape index (κ3) is 3.92. The predicted molar refractivity (Wildman–Crippen MR) is 61.8 cm³/mol. The second-order valence-electron chi connectivity index (χ2n) is 3.65. The zero-order chi connectivity index (χ0) is 11.3. The highest BCUT2D eigenvalue weighted by Crippen LogP contribution is 2.13. The van der Waals surface area contributed by atoms with Crippen LogP contribution in [-0.4, -0.2) is 18.3 Å². The summed E-state index contributed by atoms with van der Waals surface area (Å²) < 4.78 is 5.50. The fourth-order valence-electron chi connectivity index (χ4n) is 1.07. The van der Waals surface area contributed by atoms with Crippen LogP contribution in [0, 0.1) is 5.92 Å². The normalized spacial score (nSPS) is 12.2.